The summed E-state index contributed by atoms with van der Waals surface area (Å²) in [5.41, 5.74) is 4.21. The number of rotatable bonds is 4. The molecule has 1 amide bonds. The van der Waals surface area contributed by atoms with E-state index < -0.39 is 5.97 Å². The van der Waals surface area contributed by atoms with Gasteiger partial charge in [-0.1, -0.05) is 24.3 Å². The molecule has 0 aliphatic carbocycles. The third-order valence-corrected chi connectivity index (χ3v) is 5.28. The normalized spacial score (nSPS) is 18.8. The first-order valence-corrected chi connectivity index (χ1v) is 8.92. The molecule has 1 fully saturated rings. The summed E-state index contributed by atoms with van der Waals surface area (Å²) in [7, 11) is 0. The average Bonchev–Trinajstić information content (AvgIpc) is 3.30. The van der Waals surface area contributed by atoms with E-state index in [1.165, 1.54) is 0 Å². The smallest absolute Gasteiger partial charge is 0.335 e. The summed E-state index contributed by atoms with van der Waals surface area (Å²) in [5.74, 6) is -0.472. The molecule has 2 aliphatic heterocycles. The quantitative estimate of drug-likeness (QED) is 0.919. The SMILES string of the molecule is O=C(O)c1cccc(CC2CCN(C(=O)c3cccc4c3COC4)C2)c1. The second-order valence-electron chi connectivity index (χ2n) is 7.05. The van der Waals surface area contributed by atoms with Crippen LogP contribution in [0.1, 0.15) is 43.8 Å². The van der Waals surface area contributed by atoms with Crippen molar-refractivity contribution < 1.29 is 19.4 Å². The second kappa shape index (κ2) is 6.92. The fourth-order valence-electron chi connectivity index (χ4n) is 3.92. The molecule has 2 aliphatic rings. The lowest BCUT2D eigenvalue weighted by atomic mass is 9.97. The summed E-state index contributed by atoms with van der Waals surface area (Å²) in [6, 6.07) is 12.9. The van der Waals surface area contributed by atoms with Gasteiger partial charge < -0.3 is 14.7 Å². The van der Waals surface area contributed by atoms with Gasteiger partial charge in [-0.15, -0.1) is 0 Å². The topological polar surface area (TPSA) is 66.8 Å². The Morgan fingerprint density at radius 1 is 1.15 bits per heavy atom. The summed E-state index contributed by atoms with van der Waals surface area (Å²) in [4.78, 5) is 26.0. The van der Waals surface area contributed by atoms with Crippen LogP contribution in [0.2, 0.25) is 0 Å². The minimum absolute atomic E-state index is 0.0779. The van der Waals surface area contributed by atoms with Crippen molar-refractivity contribution in [2.75, 3.05) is 13.1 Å². The van der Waals surface area contributed by atoms with Crippen LogP contribution >= 0.6 is 0 Å². The van der Waals surface area contributed by atoms with E-state index in [0.29, 0.717) is 31.2 Å². The van der Waals surface area contributed by atoms with Crippen LogP contribution in [0.5, 0.6) is 0 Å². The number of carbonyl (C=O) groups is 2. The van der Waals surface area contributed by atoms with Crippen LogP contribution in [0.15, 0.2) is 42.5 Å². The second-order valence-corrected chi connectivity index (χ2v) is 7.05. The van der Waals surface area contributed by atoms with Crippen molar-refractivity contribution >= 4 is 11.9 Å². The zero-order valence-electron chi connectivity index (χ0n) is 14.5. The number of fused-ring (bicyclic) bond motifs is 1. The van der Waals surface area contributed by atoms with Gasteiger partial charge in [-0.3, -0.25) is 4.79 Å². The zero-order valence-corrected chi connectivity index (χ0v) is 14.5. The number of ether oxygens (including phenoxy) is 1. The molecule has 5 heteroatoms. The van der Waals surface area contributed by atoms with Gasteiger partial charge in [0.25, 0.3) is 5.91 Å². The molecule has 1 unspecified atom stereocenters. The van der Waals surface area contributed by atoms with E-state index in [-0.39, 0.29) is 5.91 Å². The third-order valence-electron chi connectivity index (χ3n) is 5.28. The van der Waals surface area contributed by atoms with Crippen molar-refractivity contribution in [3.05, 3.63) is 70.3 Å². The van der Waals surface area contributed by atoms with Crippen LogP contribution in [0, 0.1) is 5.92 Å². The summed E-state index contributed by atoms with van der Waals surface area (Å²) < 4.78 is 5.48. The van der Waals surface area contributed by atoms with Gasteiger partial charge in [0.2, 0.25) is 0 Å². The number of nitrogens with zero attached hydrogens (tertiary/aromatic N) is 1. The van der Waals surface area contributed by atoms with Crippen molar-refractivity contribution in [3.63, 3.8) is 0 Å². The van der Waals surface area contributed by atoms with Gasteiger partial charge in [0.15, 0.2) is 0 Å². The van der Waals surface area contributed by atoms with Gasteiger partial charge in [0.1, 0.15) is 0 Å². The molecule has 0 radical (unpaired) electrons. The molecule has 1 N–H and O–H groups in total. The number of aromatic carboxylic acids is 1. The molecule has 5 nitrogen and oxygen atoms in total. The summed E-state index contributed by atoms with van der Waals surface area (Å²) >= 11 is 0. The van der Waals surface area contributed by atoms with Crippen LogP contribution in [0.25, 0.3) is 0 Å². The van der Waals surface area contributed by atoms with E-state index in [1.807, 2.05) is 29.2 Å². The maximum atomic E-state index is 12.9. The van der Waals surface area contributed by atoms with Crippen LogP contribution in [0.4, 0.5) is 0 Å². The highest BCUT2D eigenvalue weighted by Crippen LogP contribution is 2.27. The van der Waals surface area contributed by atoms with Gasteiger partial charge in [-0.05, 0) is 53.6 Å². The van der Waals surface area contributed by atoms with E-state index in [1.54, 1.807) is 18.2 Å². The number of carbonyl (C=O) groups excluding carboxylic acids is 1. The predicted octanol–water partition coefficient (Wildman–Crippen LogP) is 3.12. The number of hydrogen-bond donors (Lipinski definition) is 1. The summed E-state index contributed by atoms with van der Waals surface area (Å²) in [6.07, 6.45) is 1.73. The Balaban J connectivity index is 1.44. The minimum Gasteiger partial charge on any atom is -0.478 e. The standard InChI is InChI=1S/C21H21NO4/c23-20(18-6-2-5-17-12-26-13-19(17)18)22-8-7-15(11-22)9-14-3-1-4-16(10-14)21(24)25/h1-6,10,15H,7-9,11-13H2,(H,24,25). The molecule has 0 saturated carbocycles. The van der Waals surface area contributed by atoms with Gasteiger partial charge in [0.05, 0.1) is 18.8 Å². The number of benzene rings is 2. The van der Waals surface area contributed by atoms with E-state index in [9.17, 15) is 9.59 Å². The predicted molar refractivity (Wildman–Crippen MR) is 96.1 cm³/mol. The van der Waals surface area contributed by atoms with Gasteiger partial charge in [0, 0.05) is 18.7 Å². The molecular formula is C21H21NO4. The third kappa shape index (κ3) is 3.22. The highest BCUT2D eigenvalue weighted by molar-refractivity contribution is 5.96. The lowest BCUT2D eigenvalue weighted by Gasteiger charge is -2.18. The molecule has 26 heavy (non-hydrogen) atoms. The first-order chi connectivity index (χ1) is 12.6. The first kappa shape index (κ1) is 16.8. The van der Waals surface area contributed by atoms with E-state index in [0.717, 1.165) is 41.6 Å². The van der Waals surface area contributed by atoms with Gasteiger partial charge in [-0.2, -0.15) is 0 Å². The molecule has 0 spiro atoms. The molecule has 1 saturated heterocycles. The van der Waals surface area contributed by atoms with Crippen molar-refractivity contribution in [1.29, 1.82) is 0 Å². The average molecular weight is 351 g/mol. The molecule has 0 aromatic heterocycles. The van der Waals surface area contributed by atoms with Crippen LogP contribution in [-0.4, -0.2) is 35.0 Å². The highest BCUT2D eigenvalue weighted by Gasteiger charge is 2.29. The summed E-state index contributed by atoms with van der Waals surface area (Å²) in [6.45, 7) is 2.54. The number of carboxylic acids is 1. The minimum atomic E-state index is -0.907. The van der Waals surface area contributed by atoms with Crippen molar-refractivity contribution in [3.8, 4) is 0 Å². The highest BCUT2D eigenvalue weighted by atomic mass is 16.5. The molecular weight excluding hydrogens is 330 g/mol. The Bertz CT molecular complexity index is 861. The van der Waals surface area contributed by atoms with Crippen LogP contribution in [0.3, 0.4) is 0 Å². The molecule has 2 aromatic rings. The van der Waals surface area contributed by atoms with Crippen LogP contribution < -0.4 is 0 Å². The lowest BCUT2D eigenvalue weighted by Crippen LogP contribution is -2.29. The van der Waals surface area contributed by atoms with Crippen molar-refractivity contribution in [2.24, 2.45) is 5.92 Å². The Morgan fingerprint density at radius 2 is 2.00 bits per heavy atom. The van der Waals surface area contributed by atoms with Crippen molar-refractivity contribution in [2.45, 2.75) is 26.1 Å². The van der Waals surface area contributed by atoms with Gasteiger partial charge >= 0.3 is 5.97 Å². The first-order valence-electron chi connectivity index (χ1n) is 8.92. The fraction of sp³-hybridized carbons (Fsp3) is 0.333. The maximum Gasteiger partial charge on any atom is 0.335 e. The molecule has 0 bridgehead atoms. The molecule has 1 atom stereocenters. The molecule has 4 rings (SSSR count). The Labute approximate surface area is 152 Å². The molecule has 134 valence electrons. The number of carboxylic acid groups (broad SMARTS) is 1. The Kier molecular flexibility index (Phi) is 4.47. The maximum absolute atomic E-state index is 12.9. The number of likely N-dealkylation sites (tertiary alicyclic amines) is 1. The largest absolute Gasteiger partial charge is 0.478 e. The zero-order chi connectivity index (χ0) is 18.1. The number of amides is 1. The van der Waals surface area contributed by atoms with Crippen LogP contribution in [-0.2, 0) is 24.4 Å². The van der Waals surface area contributed by atoms with Crippen molar-refractivity contribution in [1.82, 2.24) is 4.90 Å². The fourth-order valence-corrected chi connectivity index (χ4v) is 3.92. The number of hydrogen-bond acceptors (Lipinski definition) is 3. The summed E-state index contributed by atoms with van der Waals surface area (Å²) in [5, 5.41) is 9.12. The Hall–Kier alpha value is -2.66. The Morgan fingerprint density at radius 3 is 2.85 bits per heavy atom. The van der Waals surface area contributed by atoms with E-state index in [4.69, 9.17) is 9.84 Å². The van der Waals surface area contributed by atoms with E-state index in [2.05, 4.69) is 0 Å². The van der Waals surface area contributed by atoms with Gasteiger partial charge in [-0.25, -0.2) is 4.79 Å². The monoisotopic (exact) mass is 351 g/mol. The molecule has 2 aromatic carbocycles. The lowest BCUT2D eigenvalue weighted by molar-refractivity contribution is 0.0696. The van der Waals surface area contributed by atoms with E-state index >= 15 is 0 Å². The molecule has 2 heterocycles.